The Bertz CT molecular complexity index is 1080. The molecule has 4 aliphatic rings. The molecule has 2 N–H and O–H groups in total. The molecule has 2 aromatic rings. The maximum atomic E-state index is 11.2. The van der Waals surface area contributed by atoms with Crippen LogP contribution in [0.4, 0.5) is 5.69 Å². The lowest BCUT2D eigenvalue weighted by Crippen LogP contribution is -2.48. The van der Waals surface area contributed by atoms with Gasteiger partial charge in [0.1, 0.15) is 11.6 Å². The molecule has 4 bridgehead atoms. The smallest absolute Gasteiger partial charge is 0.335 e. The Morgan fingerprint density at radius 3 is 2.14 bits per heavy atom. The van der Waals surface area contributed by atoms with E-state index in [1.807, 2.05) is 0 Å². The number of thiocarbonyl (C=S) groups is 1. The second-order valence-corrected chi connectivity index (χ2v) is 10.8. The van der Waals surface area contributed by atoms with Crippen molar-refractivity contribution < 1.29 is 24.1 Å². The van der Waals surface area contributed by atoms with Gasteiger partial charge in [-0.1, -0.05) is 18.3 Å². The maximum absolute atomic E-state index is 11.2. The van der Waals surface area contributed by atoms with Crippen LogP contribution in [0.3, 0.4) is 0 Å². The quantitative estimate of drug-likeness (QED) is 0.343. The number of carboxylic acid groups (broad SMARTS) is 1. The van der Waals surface area contributed by atoms with Crippen LogP contribution in [0.15, 0.2) is 36.4 Å². The van der Waals surface area contributed by atoms with Gasteiger partial charge in [0, 0.05) is 18.4 Å². The standard InChI is InChI=1S/C28H33NO5S/c1-32-9-10-34-25-23(28-14-17-11-18(15-28)13-19(12-17)16-28)8-7-22(24(25)33-2)26(35)29-21-5-3-20(4-6-21)27(30)31/h3-8,17-19H,9-16H2,1-2H3,(H,29,35)(H,30,31). The van der Waals surface area contributed by atoms with Crippen molar-refractivity contribution in [3.05, 3.63) is 53.1 Å². The fourth-order valence-electron chi connectivity index (χ4n) is 7.07. The number of rotatable bonds is 9. The summed E-state index contributed by atoms with van der Waals surface area (Å²) in [5, 5.41) is 12.4. The van der Waals surface area contributed by atoms with Crippen LogP contribution in [-0.2, 0) is 10.2 Å². The Hall–Kier alpha value is -2.64. The predicted molar refractivity (Wildman–Crippen MR) is 139 cm³/mol. The summed E-state index contributed by atoms with van der Waals surface area (Å²) in [5.41, 5.74) is 3.10. The van der Waals surface area contributed by atoms with Crippen LogP contribution in [-0.4, -0.2) is 43.5 Å². The molecule has 0 aromatic heterocycles. The van der Waals surface area contributed by atoms with Crippen LogP contribution < -0.4 is 14.8 Å². The highest BCUT2D eigenvalue weighted by Crippen LogP contribution is 2.62. The number of anilines is 1. The Balaban J connectivity index is 1.49. The van der Waals surface area contributed by atoms with E-state index in [0.29, 0.717) is 29.6 Å². The Kier molecular flexibility index (Phi) is 6.73. The first kappa shape index (κ1) is 24.1. The van der Waals surface area contributed by atoms with Crippen molar-refractivity contribution in [1.29, 1.82) is 0 Å². The molecule has 186 valence electrons. The third-order valence-electron chi connectivity index (χ3n) is 8.09. The minimum Gasteiger partial charge on any atom is -0.492 e. The summed E-state index contributed by atoms with van der Waals surface area (Å²) in [6.07, 6.45) is 7.80. The third kappa shape index (κ3) is 4.64. The van der Waals surface area contributed by atoms with Crippen molar-refractivity contribution in [2.24, 2.45) is 17.8 Å². The zero-order valence-corrected chi connectivity index (χ0v) is 21.2. The fourth-order valence-corrected chi connectivity index (χ4v) is 7.35. The maximum Gasteiger partial charge on any atom is 0.335 e. The fraction of sp³-hybridized carbons (Fsp3) is 0.500. The topological polar surface area (TPSA) is 77.0 Å². The van der Waals surface area contributed by atoms with Crippen molar-refractivity contribution in [1.82, 2.24) is 0 Å². The summed E-state index contributed by atoms with van der Waals surface area (Å²) < 4.78 is 17.6. The van der Waals surface area contributed by atoms with Crippen LogP contribution in [0.1, 0.15) is 60.0 Å². The second-order valence-electron chi connectivity index (χ2n) is 10.4. The lowest BCUT2D eigenvalue weighted by molar-refractivity contribution is -0.00676. The van der Waals surface area contributed by atoms with E-state index in [9.17, 15) is 4.79 Å². The molecule has 35 heavy (non-hydrogen) atoms. The molecule has 0 saturated heterocycles. The molecule has 0 atom stereocenters. The Morgan fingerprint density at radius 1 is 0.971 bits per heavy atom. The van der Waals surface area contributed by atoms with Gasteiger partial charge in [-0.05, 0) is 92.0 Å². The molecule has 4 saturated carbocycles. The number of ether oxygens (including phenoxy) is 3. The average Bonchev–Trinajstić information content (AvgIpc) is 2.83. The van der Waals surface area contributed by atoms with Crippen molar-refractivity contribution >= 4 is 28.9 Å². The van der Waals surface area contributed by atoms with Crippen LogP contribution >= 0.6 is 12.2 Å². The average molecular weight is 496 g/mol. The summed E-state index contributed by atoms with van der Waals surface area (Å²) in [6.45, 7) is 0.929. The summed E-state index contributed by atoms with van der Waals surface area (Å²) in [6, 6.07) is 10.8. The first-order valence-corrected chi connectivity index (χ1v) is 12.8. The van der Waals surface area contributed by atoms with E-state index < -0.39 is 5.97 Å². The van der Waals surface area contributed by atoms with Crippen LogP contribution in [0.2, 0.25) is 0 Å². The number of carbonyl (C=O) groups is 1. The van der Waals surface area contributed by atoms with Crippen molar-refractivity contribution in [3.63, 3.8) is 0 Å². The molecular weight excluding hydrogens is 462 g/mol. The van der Waals surface area contributed by atoms with Crippen LogP contribution in [0, 0.1) is 17.8 Å². The molecular formula is C28H33NO5S. The van der Waals surface area contributed by atoms with E-state index in [2.05, 4.69) is 17.4 Å². The summed E-state index contributed by atoms with van der Waals surface area (Å²) in [7, 11) is 3.33. The molecule has 0 amide bonds. The highest BCUT2D eigenvalue weighted by atomic mass is 32.1. The first-order valence-electron chi connectivity index (χ1n) is 12.4. The van der Waals surface area contributed by atoms with Gasteiger partial charge in [-0.3, -0.25) is 0 Å². The van der Waals surface area contributed by atoms with E-state index in [1.165, 1.54) is 44.1 Å². The number of nitrogens with one attached hydrogen (secondary N) is 1. The molecule has 6 rings (SSSR count). The van der Waals surface area contributed by atoms with Crippen LogP contribution in [0.5, 0.6) is 11.5 Å². The second kappa shape index (κ2) is 9.78. The minimum atomic E-state index is -0.959. The highest BCUT2D eigenvalue weighted by molar-refractivity contribution is 7.81. The molecule has 4 aliphatic carbocycles. The van der Waals surface area contributed by atoms with Gasteiger partial charge in [0.15, 0.2) is 11.5 Å². The molecule has 7 heteroatoms. The monoisotopic (exact) mass is 495 g/mol. The van der Waals surface area contributed by atoms with Gasteiger partial charge >= 0.3 is 5.97 Å². The van der Waals surface area contributed by atoms with Gasteiger partial charge < -0.3 is 24.6 Å². The van der Waals surface area contributed by atoms with Crippen molar-refractivity contribution in [2.45, 2.75) is 43.9 Å². The largest absolute Gasteiger partial charge is 0.492 e. The molecule has 0 unspecified atom stereocenters. The number of carboxylic acids is 1. The number of benzene rings is 2. The third-order valence-corrected chi connectivity index (χ3v) is 8.42. The van der Waals surface area contributed by atoms with Crippen molar-refractivity contribution in [3.8, 4) is 11.5 Å². The summed E-state index contributed by atoms with van der Waals surface area (Å²) in [5.74, 6) is 2.92. The lowest BCUT2D eigenvalue weighted by Gasteiger charge is -2.57. The Morgan fingerprint density at radius 2 is 1.60 bits per heavy atom. The van der Waals surface area contributed by atoms with E-state index in [0.717, 1.165) is 29.1 Å². The molecule has 2 aromatic carbocycles. The lowest BCUT2D eigenvalue weighted by atomic mass is 9.48. The molecule has 0 aliphatic heterocycles. The van der Waals surface area contributed by atoms with E-state index in [-0.39, 0.29) is 11.0 Å². The molecule has 0 heterocycles. The highest BCUT2D eigenvalue weighted by Gasteiger charge is 2.53. The molecule has 0 spiro atoms. The van der Waals surface area contributed by atoms with Crippen LogP contribution in [0.25, 0.3) is 0 Å². The SMILES string of the molecule is COCCOc1c(C23CC4CC(CC(C4)C2)C3)ccc(C(=S)Nc2ccc(C(=O)O)cc2)c1OC. The summed E-state index contributed by atoms with van der Waals surface area (Å²) >= 11 is 5.76. The Labute approximate surface area is 212 Å². The van der Waals surface area contributed by atoms with Gasteiger partial charge in [0.2, 0.25) is 0 Å². The zero-order valence-electron chi connectivity index (χ0n) is 20.3. The van der Waals surface area contributed by atoms with Gasteiger partial charge in [0.05, 0.1) is 24.8 Å². The van der Waals surface area contributed by atoms with E-state index in [1.54, 1.807) is 38.5 Å². The number of methoxy groups -OCH3 is 2. The van der Waals surface area contributed by atoms with Gasteiger partial charge in [0.25, 0.3) is 0 Å². The number of aromatic carboxylic acids is 1. The van der Waals surface area contributed by atoms with Gasteiger partial charge in [-0.25, -0.2) is 4.79 Å². The molecule has 0 radical (unpaired) electrons. The number of hydrogen-bond acceptors (Lipinski definition) is 5. The number of hydrogen-bond donors (Lipinski definition) is 2. The van der Waals surface area contributed by atoms with E-state index >= 15 is 0 Å². The van der Waals surface area contributed by atoms with E-state index in [4.69, 9.17) is 31.5 Å². The minimum absolute atomic E-state index is 0.144. The summed E-state index contributed by atoms with van der Waals surface area (Å²) in [4.78, 5) is 11.7. The molecule has 6 nitrogen and oxygen atoms in total. The van der Waals surface area contributed by atoms with Gasteiger partial charge in [-0.15, -0.1) is 0 Å². The van der Waals surface area contributed by atoms with Gasteiger partial charge in [-0.2, -0.15) is 0 Å². The van der Waals surface area contributed by atoms with Crippen molar-refractivity contribution in [2.75, 3.05) is 32.8 Å². The first-order chi connectivity index (χ1) is 16.9. The zero-order chi connectivity index (χ0) is 24.6. The predicted octanol–water partition coefficient (Wildman–Crippen LogP) is 5.67. The normalized spacial score (nSPS) is 26.4. The molecule has 4 fully saturated rings.